The van der Waals surface area contributed by atoms with Crippen molar-refractivity contribution in [2.24, 2.45) is 5.92 Å². The molecule has 6 unspecified atom stereocenters. The van der Waals surface area contributed by atoms with Crippen molar-refractivity contribution >= 4 is 34.5 Å². The maximum atomic E-state index is 16.0. The van der Waals surface area contributed by atoms with Crippen LogP contribution in [0.5, 0.6) is 17.2 Å². The van der Waals surface area contributed by atoms with E-state index < -0.39 is 47.4 Å². The Morgan fingerprint density at radius 3 is 2.29 bits per heavy atom. The predicted octanol–water partition coefficient (Wildman–Crippen LogP) is 6.53. The number of ether oxygens (including phenoxy) is 3. The first-order chi connectivity index (χ1) is 33.3. The zero-order valence-electron chi connectivity index (χ0n) is 36.8. The standard InChI is InChI=1S/C54H45N7O7/c62-39-21-19-38(20-22-39)50-54(40-30-34(17-23-41(40)55-53(54)65)10-9-25-60-43-16-8-7-15-42(43)56-57-60)46(51(63)59-28-26-58(27-29-59)32-35-18-24-44-45(31-35)67-33-66-44)48-52(64)68-49(37-13-5-2-6-14-37)47(61(48)50)36-11-3-1-4-12-36/h1-8,11-24,30-31,46-50,62H,25-29,32-33H2,(H,55,65). The fraction of sp³-hybridized carbons (Fsp3) is 0.241. The second-order valence-electron chi connectivity index (χ2n) is 17.9. The lowest BCUT2D eigenvalue weighted by molar-refractivity contribution is -0.179. The molecule has 5 aliphatic rings. The molecule has 338 valence electrons. The maximum absolute atomic E-state index is 16.0. The van der Waals surface area contributed by atoms with Gasteiger partial charge in [-0.05, 0) is 82.4 Å². The molecule has 12 rings (SSSR count). The number of phenolic OH excluding ortho intramolecular Hbond substituents is 1. The average molecular weight is 904 g/mol. The van der Waals surface area contributed by atoms with E-state index in [4.69, 9.17) is 14.2 Å². The number of piperazine rings is 1. The number of fused-ring (bicyclic) bond motifs is 5. The molecule has 0 saturated carbocycles. The third kappa shape index (κ3) is 6.84. The Morgan fingerprint density at radius 2 is 1.50 bits per heavy atom. The number of aromatic hydroxyl groups is 1. The number of carbonyl (C=O) groups is 3. The molecule has 1 spiro atoms. The smallest absolute Gasteiger partial charge is 0.324 e. The van der Waals surface area contributed by atoms with E-state index in [2.05, 4.69) is 37.3 Å². The number of nitrogens with one attached hydrogen (secondary N) is 1. The molecule has 2 amide bonds. The molecule has 0 bridgehead atoms. The van der Waals surface area contributed by atoms with Gasteiger partial charge in [-0.3, -0.25) is 24.2 Å². The molecule has 14 heteroatoms. The summed E-state index contributed by atoms with van der Waals surface area (Å²) < 4.78 is 19.5. The summed E-state index contributed by atoms with van der Waals surface area (Å²) in [6.07, 6.45) is -0.804. The molecule has 7 aromatic rings. The van der Waals surface area contributed by atoms with Crippen LogP contribution in [0.2, 0.25) is 0 Å². The predicted molar refractivity (Wildman–Crippen MR) is 250 cm³/mol. The van der Waals surface area contributed by atoms with Gasteiger partial charge in [-0.15, -0.1) is 5.10 Å². The summed E-state index contributed by atoms with van der Waals surface area (Å²) in [4.78, 5) is 53.2. The lowest BCUT2D eigenvalue weighted by Crippen LogP contribution is -2.58. The van der Waals surface area contributed by atoms with Crippen molar-refractivity contribution in [3.05, 3.63) is 179 Å². The normalized spacial score (nSPS) is 24.0. The van der Waals surface area contributed by atoms with Crippen molar-refractivity contribution in [2.75, 3.05) is 38.3 Å². The number of morpholine rings is 1. The first-order valence-electron chi connectivity index (χ1n) is 22.8. The van der Waals surface area contributed by atoms with Crippen LogP contribution in [0, 0.1) is 17.8 Å². The number of carbonyl (C=O) groups excluding carboxylic acids is 3. The molecular weight excluding hydrogens is 859 g/mol. The highest BCUT2D eigenvalue weighted by molar-refractivity contribution is 6.12. The van der Waals surface area contributed by atoms with Crippen LogP contribution in [0.3, 0.4) is 0 Å². The second-order valence-corrected chi connectivity index (χ2v) is 17.9. The Morgan fingerprint density at radius 1 is 0.765 bits per heavy atom. The quantitative estimate of drug-likeness (QED) is 0.133. The summed E-state index contributed by atoms with van der Waals surface area (Å²) >= 11 is 0. The maximum Gasteiger partial charge on any atom is 0.324 e. The highest BCUT2D eigenvalue weighted by Gasteiger charge is 2.74. The van der Waals surface area contributed by atoms with Gasteiger partial charge in [0.2, 0.25) is 18.6 Å². The fourth-order valence-electron chi connectivity index (χ4n) is 11.2. The highest BCUT2D eigenvalue weighted by Crippen LogP contribution is 2.65. The minimum absolute atomic E-state index is 0.0393. The number of para-hydroxylation sites is 1. The van der Waals surface area contributed by atoms with E-state index in [9.17, 15) is 5.11 Å². The van der Waals surface area contributed by atoms with E-state index in [1.807, 2.05) is 126 Å². The SMILES string of the molecule is O=C1OC(c2ccccc2)C(c2ccccc2)N2C1C(C(=O)N1CCN(Cc3ccc4c(c3)OCO4)CC1)C1(C(=O)Nc3ccc(C#CCn4nnc5ccccc54)cc31)C2c1ccc(O)cc1. The molecule has 3 saturated heterocycles. The van der Waals surface area contributed by atoms with E-state index in [1.165, 1.54) is 0 Å². The molecule has 6 aromatic carbocycles. The largest absolute Gasteiger partial charge is 0.508 e. The minimum Gasteiger partial charge on any atom is -0.508 e. The Balaban J connectivity index is 0.996. The Bertz CT molecular complexity index is 3160. The molecular formula is C54H45N7O7. The summed E-state index contributed by atoms with van der Waals surface area (Å²) in [6, 6.07) is 42.6. The molecule has 3 fully saturated rings. The number of phenols is 1. The van der Waals surface area contributed by atoms with Crippen molar-refractivity contribution in [3.8, 4) is 29.1 Å². The third-order valence-corrected chi connectivity index (χ3v) is 14.2. The molecule has 5 aliphatic heterocycles. The number of rotatable bonds is 7. The number of cyclic esters (lactones) is 1. The topological polar surface area (TPSA) is 152 Å². The first-order valence-corrected chi connectivity index (χ1v) is 22.8. The van der Waals surface area contributed by atoms with Gasteiger partial charge >= 0.3 is 5.97 Å². The fourth-order valence-corrected chi connectivity index (χ4v) is 11.2. The van der Waals surface area contributed by atoms with Crippen LogP contribution in [-0.4, -0.2) is 91.6 Å². The number of aromatic nitrogens is 3. The van der Waals surface area contributed by atoms with Crippen LogP contribution in [0.1, 0.15) is 51.6 Å². The van der Waals surface area contributed by atoms with E-state index in [0.29, 0.717) is 60.9 Å². The van der Waals surface area contributed by atoms with Gasteiger partial charge in [-0.25, -0.2) is 4.68 Å². The van der Waals surface area contributed by atoms with E-state index in [0.717, 1.165) is 33.5 Å². The van der Waals surface area contributed by atoms with Gasteiger partial charge in [0.15, 0.2) is 11.5 Å². The van der Waals surface area contributed by atoms with E-state index >= 15 is 14.4 Å². The molecule has 2 N–H and O–H groups in total. The van der Waals surface area contributed by atoms with Crippen molar-refractivity contribution in [3.63, 3.8) is 0 Å². The molecule has 1 aromatic heterocycles. The molecule has 0 radical (unpaired) electrons. The zero-order valence-corrected chi connectivity index (χ0v) is 36.8. The number of esters is 1. The van der Waals surface area contributed by atoms with Gasteiger partial charge in [0.05, 0.1) is 23.5 Å². The summed E-state index contributed by atoms with van der Waals surface area (Å²) in [7, 11) is 0. The van der Waals surface area contributed by atoms with Gasteiger partial charge in [0.25, 0.3) is 0 Å². The van der Waals surface area contributed by atoms with Gasteiger partial charge in [0, 0.05) is 44.0 Å². The Hall–Kier alpha value is -7.99. The minimum atomic E-state index is -1.69. The Kier molecular flexibility index (Phi) is 10.2. The van der Waals surface area contributed by atoms with Crippen LogP contribution in [-0.2, 0) is 37.6 Å². The Labute approximate surface area is 391 Å². The number of nitrogens with zero attached hydrogens (tertiary/aromatic N) is 6. The average Bonchev–Trinajstić information content (AvgIpc) is 4.16. The number of hydrogen-bond acceptors (Lipinski definition) is 11. The number of benzene rings is 6. The van der Waals surface area contributed by atoms with Gasteiger partial charge < -0.3 is 29.5 Å². The lowest BCUT2D eigenvalue weighted by atomic mass is 9.65. The van der Waals surface area contributed by atoms with Crippen LogP contribution >= 0.6 is 0 Å². The van der Waals surface area contributed by atoms with Crippen molar-refractivity contribution in [1.82, 2.24) is 29.7 Å². The molecule has 14 nitrogen and oxygen atoms in total. The summed E-state index contributed by atoms with van der Waals surface area (Å²) in [5.41, 5.74) is 4.97. The van der Waals surface area contributed by atoms with Crippen molar-refractivity contribution in [1.29, 1.82) is 0 Å². The molecule has 6 atom stereocenters. The van der Waals surface area contributed by atoms with Crippen molar-refractivity contribution < 1.29 is 33.7 Å². The zero-order chi connectivity index (χ0) is 45.9. The van der Waals surface area contributed by atoms with Gasteiger partial charge in [-0.1, -0.05) is 108 Å². The molecule has 0 aliphatic carbocycles. The number of anilines is 1. The van der Waals surface area contributed by atoms with Gasteiger partial charge in [-0.2, -0.15) is 0 Å². The monoisotopic (exact) mass is 903 g/mol. The van der Waals surface area contributed by atoms with Crippen LogP contribution in [0.15, 0.2) is 146 Å². The van der Waals surface area contributed by atoms with E-state index in [-0.39, 0.29) is 25.0 Å². The number of hydrogen-bond donors (Lipinski definition) is 2. The summed E-state index contributed by atoms with van der Waals surface area (Å²) in [6.45, 7) is 2.96. The van der Waals surface area contributed by atoms with E-state index in [1.54, 1.807) is 28.9 Å². The van der Waals surface area contributed by atoms with Crippen molar-refractivity contribution in [2.45, 2.75) is 42.7 Å². The van der Waals surface area contributed by atoms with Crippen LogP contribution < -0.4 is 14.8 Å². The molecule has 68 heavy (non-hydrogen) atoms. The lowest BCUT2D eigenvalue weighted by Gasteiger charge is -2.46. The second kappa shape index (κ2) is 16.7. The summed E-state index contributed by atoms with van der Waals surface area (Å²) in [5, 5.41) is 22.5. The first kappa shape index (κ1) is 41.4. The van der Waals surface area contributed by atoms with Crippen LogP contribution in [0.25, 0.3) is 11.0 Å². The summed E-state index contributed by atoms with van der Waals surface area (Å²) in [5.74, 6) is 5.47. The third-order valence-electron chi connectivity index (χ3n) is 14.2. The molecule has 6 heterocycles. The van der Waals surface area contributed by atoms with Crippen LogP contribution in [0.4, 0.5) is 5.69 Å². The number of amides is 2. The highest BCUT2D eigenvalue weighted by atomic mass is 16.7. The van der Waals surface area contributed by atoms with Gasteiger partial charge in [0.1, 0.15) is 35.4 Å².